The Kier molecular flexibility index (Phi) is 4.88. The molecule has 1 aromatic carbocycles. The van der Waals surface area contributed by atoms with Gasteiger partial charge in [0.2, 0.25) is 0 Å². The minimum atomic E-state index is -0.465. The van der Waals surface area contributed by atoms with Crippen molar-refractivity contribution >= 4 is 5.91 Å². The molecule has 1 rings (SSSR count). The molecule has 16 heavy (non-hydrogen) atoms. The second-order valence-electron chi connectivity index (χ2n) is 3.23. The number of hydrogen-bond acceptors (Lipinski definition) is 3. The first-order valence-corrected chi connectivity index (χ1v) is 4.82. The van der Waals surface area contributed by atoms with Gasteiger partial charge >= 0.3 is 0 Å². The quantitative estimate of drug-likeness (QED) is 0.611. The van der Waals surface area contributed by atoms with Crippen molar-refractivity contribution in [3.05, 3.63) is 35.1 Å². The van der Waals surface area contributed by atoms with Crippen LogP contribution in [0.3, 0.4) is 0 Å². The molecule has 0 bridgehead atoms. The Morgan fingerprint density at radius 3 is 2.88 bits per heavy atom. The van der Waals surface area contributed by atoms with Gasteiger partial charge in [0.25, 0.3) is 5.91 Å². The van der Waals surface area contributed by atoms with Crippen molar-refractivity contribution in [2.45, 2.75) is 6.92 Å². The number of carbonyl (C=O) groups is 1. The Balaban J connectivity index is 2.55. The predicted molar refractivity (Wildman–Crippen MR) is 56.4 cm³/mol. The molecular formula is C11H14FNO3. The van der Waals surface area contributed by atoms with Crippen LogP contribution >= 0.6 is 0 Å². The van der Waals surface area contributed by atoms with Gasteiger partial charge in [0.1, 0.15) is 5.82 Å². The summed E-state index contributed by atoms with van der Waals surface area (Å²) in [6, 6.07) is 4.02. The lowest BCUT2D eigenvalue weighted by atomic mass is 10.1. The number of hydrogen-bond donors (Lipinski definition) is 1. The summed E-state index contributed by atoms with van der Waals surface area (Å²) in [4.78, 5) is 16.4. The molecule has 88 valence electrons. The molecule has 1 N–H and O–H groups in total. The number of carbonyl (C=O) groups excluding carboxylic acids is 1. The second-order valence-corrected chi connectivity index (χ2v) is 3.23. The number of nitrogens with one attached hydrogen (secondary N) is 1. The number of hydroxylamine groups is 1. The standard InChI is InChI=1S/C11H14FNO3/c1-8-3-4-9(12)7-10(8)11(14)13-16-6-5-15-2/h3-4,7H,5-6H2,1-2H3,(H,13,14). The summed E-state index contributed by atoms with van der Waals surface area (Å²) in [6.07, 6.45) is 0. The molecule has 0 spiro atoms. The highest BCUT2D eigenvalue weighted by atomic mass is 19.1. The Bertz CT molecular complexity index is 368. The number of amides is 1. The van der Waals surface area contributed by atoms with Gasteiger partial charge in [-0.25, -0.2) is 9.87 Å². The van der Waals surface area contributed by atoms with Gasteiger partial charge in [-0.3, -0.25) is 9.63 Å². The highest BCUT2D eigenvalue weighted by Gasteiger charge is 2.09. The van der Waals surface area contributed by atoms with Crippen molar-refractivity contribution in [2.24, 2.45) is 0 Å². The van der Waals surface area contributed by atoms with Crippen molar-refractivity contribution < 1.29 is 18.8 Å². The largest absolute Gasteiger partial charge is 0.382 e. The molecule has 0 aliphatic heterocycles. The fourth-order valence-corrected chi connectivity index (χ4v) is 1.14. The first kappa shape index (κ1) is 12.6. The molecule has 0 aromatic heterocycles. The molecule has 1 amide bonds. The summed E-state index contributed by atoms with van der Waals surface area (Å²) < 4.78 is 17.6. The van der Waals surface area contributed by atoms with E-state index in [4.69, 9.17) is 9.57 Å². The monoisotopic (exact) mass is 227 g/mol. The van der Waals surface area contributed by atoms with Crippen molar-refractivity contribution in [1.29, 1.82) is 0 Å². The van der Waals surface area contributed by atoms with Gasteiger partial charge in [-0.1, -0.05) is 6.07 Å². The molecule has 0 saturated heterocycles. The Morgan fingerprint density at radius 1 is 1.44 bits per heavy atom. The molecule has 0 atom stereocenters. The predicted octanol–water partition coefficient (Wildman–Crippen LogP) is 1.44. The summed E-state index contributed by atoms with van der Waals surface area (Å²) in [6.45, 7) is 2.35. The van der Waals surface area contributed by atoms with Crippen molar-refractivity contribution in [3.63, 3.8) is 0 Å². The summed E-state index contributed by atoms with van der Waals surface area (Å²) in [5, 5.41) is 0. The van der Waals surface area contributed by atoms with E-state index in [-0.39, 0.29) is 12.2 Å². The third-order valence-electron chi connectivity index (χ3n) is 2.00. The Hall–Kier alpha value is -1.46. The van der Waals surface area contributed by atoms with Gasteiger partial charge in [0, 0.05) is 12.7 Å². The smallest absolute Gasteiger partial charge is 0.275 e. The highest BCUT2D eigenvalue weighted by molar-refractivity contribution is 5.94. The number of halogens is 1. The highest BCUT2D eigenvalue weighted by Crippen LogP contribution is 2.09. The van der Waals surface area contributed by atoms with Crippen LogP contribution in [-0.2, 0) is 9.57 Å². The third kappa shape index (κ3) is 3.60. The minimum Gasteiger partial charge on any atom is -0.382 e. The number of methoxy groups -OCH3 is 1. The molecule has 4 nitrogen and oxygen atoms in total. The molecule has 1 aromatic rings. The number of rotatable bonds is 5. The maximum Gasteiger partial charge on any atom is 0.275 e. The van der Waals surface area contributed by atoms with Crippen molar-refractivity contribution in [1.82, 2.24) is 5.48 Å². The van der Waals surface area contributed by atoms with Crippen LogP contribution in [0, 0.1) is 12.7 Å². The van der Waals surface area contributed by atoms with E-state index in [1.165, 1.54) is 19.2 Å². The van der Waals surface area contributed by atoms with Gasteiger partial charge in [-0.2, -0.15) is 0 Å². The zero-order valence-corrected chi connectivity index (χ0v) is 9.25. The van der Waals surface area contributed by atoms with Crippen LogP contribution in [0.4, 0.5) is 4.39 Å². The average Bonchev–Trinajstić information content (AvgIpc) is 2.27. The van der Waals surface area contributed by atoms with Crippen LogP contribution < -0.4 is 5.48 Å². The van der Waals surface area contributed by atoms with E-state index in [1.54, 1.807) is 13.0 Å². The summed E-state index contributed by atoms with van der Waals surface area (Å²) in [7, 11) is 1.53. The molecule has 0 radical (unpaired) electrons. The van der Waals surface area contributed by atoms with Crippen LogP contribution in [0.1, 0.15) is 15.9 Å². The number of benzene rings is 1. The minimum absolute atomic E-state index is 0.247. The molecule has 0 unspecified atom stereocenters. The van der Waals surface area contributed by atoms with E-state index in [1.807, 2.05) is 0 Å². The summed E-state index contributed by atoms with van der Waals surface area (Å²) >= 11 is 0. The van der Waals surface area contributed by atoms with Crippen LogP contribution in [0.5, 0.6) is 0 Å². The lowest BCUT2D eigenvalue weighted by Crippen LogP contribution is -2.26. The van der Waals surface area contributed by atoms with Crippen molar-refractivity contribution in [3.8, 4) is 0 Å². The molecule has 5 heteroatoms. The summed E-state index contributed by atoms with van der Waals surface area (Å²) in [5.74, 6) is -0.916. The van der Waals surface area contributed by atoms with E-state index in [0.29, 0.717) is 12.2 Å². The van der Waals surface area contributed by atoms with Gasteiger partial charge in [-0.15, -0.1) is 0 Å². The molecule has 0 saturated carbocycles. The lowest BCUT2D eigenvalue weighted by Gasteiger charge is -2.07. The van der Waals surface area contributed by atoms with E-state index < -0.39 is 11.7 Å². The number of ether oxygens (including phenoxy) is 1. The van der Waals surface area contributed by atoms with Gasteiger partial charge in [0.05, 0.1) is 13.2 Å². The van der Waals surface area contributed by atoms with Gasteiger partial charge in [0.15, 0.2) is 0 Å². The van der Waals surface area contributed by atoms with Gasteiger partial charge < -0.3 is 4.74 Å². The average molecular weight is 227 g/mol. The topological polar surface area (TPSA) is 47.6 Å². The molecular weight excluding hydrogens is 213 g/mol. The van der Waals surface area contributed by atoms with E-state index in [0.717, 1.165) is 0 Å². The van der Waals surface area contributed by atoms with Crippen molar-refractivity contribution in [2.75, 3.05) is 20.3 Å². The van der Waals surface area contributed by atoms with E-state index >= 15 is 0 Å². The van der Waals surface area contributed by atoms with E-state index in [9.17, 15) is 9.18 Å². The van der Waals surface area contributed by atoms with Gasteiger partial charge in [-0.05, 0) is 24.6 Å². The first-order valence-electron chi connectivity index (χ1n) is 4.82. The van der Waals surface area contributed by atoms with E-state index in [2.05, 4.69) is 5.48 Å². The first-order chi connectivity index (χ1) is 7.65. The summed E-state index contributed by atoms with van der Waals surface area (Å²) in [5.41, 5.74) is 3.17. The fourth-order valence-electron chi connectivity index (χ4n) is 1.14. The Labute approximate surface area is 93.3 Å². The maximum atomic E-state index is 12.9. The third-order valence-corrected chi connectivity index (χ3v) is 2.00. The molecule has 0 heterocycles. The lowest BCUT2D eigenvalue weighted by molar-refractivity contribution is 0.00882. The van der Waals surface area contributed by atoms with Crippen LogP contribution in [0.25, 0.3) is 0 Å². The fraction of sp³-hybridized carbons (Fsp3) is 0.364. The number of aryl methyl sites for hydroxylation is 1. The molecule has 0 aliphatic rings. The molecule has 0 aliphatic carbocycles. The van der Waals surface area contributed by atoms with Crippen LogP contribution in [0.2, 0.25) is 0 Å². The second kappa shape index (κ2) is 6.19. The van der Waals surface area contributed by atoms with Crippen LogP contribution in [0.15, 0.2) is 18.2 Å². The Morgan fingerprint density at radius 2 is 2.19 bits per heavy atom. The van der Waals surface area contributed by atoms with Crippen LogP contribution in [-0.4, -0.2) is 26.2 Å². The zero-order chi connectivity index (χ0) is 12.0. The molecule has 0 fully saturated rings. The normalized spacial score (nSPS) is 10.2. The SMILES string of the molecule is COCCONC(=O)c1cc(F)ccc1C. The zero-order valence-electron chi connectivity index (χ0n) is 9.25. The maximum absolute atomic E-state index is 12.9.